The Morgan fingerprint density at radius 1 is 1.38 bits per heavy atom. The molecule has 3 N–H and O–H groups in total. The minimum atomic E-state index is -0.632. The number of para-hydroxylation sites is 1. The van der Waals surface area contributed by atoms with Crippen molar-refractivity contribution in [2.75, 3.05) is 0 Å². The molecule has 2 aromatic rings. The zero-order chi connectivity index (χ0) is 15.0. The summed E-state index contributed by atoms with van der Waals surface area (Å²) in [4.78, 5) is 12.0. The molecule has 0 unspecified atom stereocenters. The molecule has 1 heterocycles. The third-order valence-electron chi connectivity index (χ3n) is 3.91. The van der Waals surface area contributed by atoms with Gasteiger partial charge in [-0.1, -0.05) is 18.2 Å². The maximum absolute atomic E-state index is 12.0. The van der Waals surface area contributed by atoms with Gasteiger partial charge in [0.15, 0.2) is 0 Å². The van der Waals surface area contributed by atoms with Crippen molar-refractivity contribution in [3.8, 4) is 5.69 Å². The number of aromatic nitrogens is 2. The Morgan fingerprint density at radius 2 is 2.10 bits per heavy atom. The van der Waals surface area contributed by atoms with Crippen LogP contribution in [0.5, 0.6) is 0 Å². The number of rotatable bonds is 4. The van der Waals surface area contributed by atoms with Crippen molar-refractivity contribution in [2.45, 2.75) is 38.8 Å². The molecule has 1 aliphatic carbocycles. The van der Waals surface area contributed by atoms with Crippen molar-refractivity contribution in [2.24, 2.45) is 5.73 Å². The Bertz CT molecular complexity index is 685. The molecule has 1 saturated carbocycles. The maximum atomic E-state index is 12.0. The van der Waals surface area contributed by atoms with Gasteiger partial charge in [-0.2, -0.15) is 5.10 Å². The summed E-state index contributed by atoms with van der Waals surface area (Å²) < 4.78 is 1.91. The lowest BCUT2D eigenvalue weighted by Crippen LogP contribution is -2.42. The van der Waals surface area contributed by atoms with Crippen molar-refractivity contribution in [1.82, 2.24) is 15.1 Å². The zero-order valence-electron chi connectivity index (χ0n) is 12.4. The van der Waals surface area contributed by atoms with Crippen LogP contribution in [0.3, 0.4) is 0 Å². The molecule has 1 fully saturated rings. The van der Waals surface area contributed by atoms with Crippen LogP contribution in [-0.4, -0.2) is 21.2 Å². The Labute approximate surface area is 124 Å². The number of aryl methyl sites for hydroxylation is 2. The van der Waals surface area contributed by atoms with E-state index >= 15 is 0 Å². The highest BCUT2D eigenvalue weighted by atomic mass is 16.2. The molecule has 0 aliphatic heterocycles. The Kier molecular flexibility index (Phi) is 3.29. The van der Waals surface area contributed by atoms with E-state index in [2.05, 4.69) is 10.4 Å². The van der Waals surface area contributed by atoms with Crippen LogP contribution in [0.4, 0.5) is 0 Å². The third-order valence-corrected chi connectivity index (χ3v) is 3.91. The molecule has 5 nitrogen and oxygen atoms in total. The quantitative estimate of drug-likeness (QED) is 0.895. The summed E-state index contributed by atoms with van der Waals surface area (Å²) in [7, 11) is 0. The summed E-state index contributed by atoms with van der Waals surface area (Å²) >= 11 is 0. The molecular formula is C16H20N4O. The number of hydrogen-bond donors (Lipinski definition) is 2. The summed E-state index contributed by atoms with van der Waals surface area (Å²) in [6.45, 7) is 4.46. The Morgan fingerprint density at radius 3 is 2.71 bits per heavy atom. The average molecular weight is 284 g/mol. The van der Waals surface area contributed by atoms with Crippen molar-refractivity contribution in [3.05, 3.63) is 47.3 Å². The predicted molar refractivity (Wildman–Crippen MR) is 81.0 cm³/mol. The van der Waals surface area contributed by atoms with Crippen LogP contribution < -0.4 is 11.1 Å². The molecule has 0 atom stereocenters. The second-order valence-corrected chi connectivity index (χ2v) is 5.81. The number of nitrogens with two attached hydrogens (primary N) is 1. The van der Waals surface area contributed by atoms with E-state index < -0.39 is 5.54 Å². The van der Waals surface area contributed by atoms with Gasteiger partial charge >= 0.3 is 0 Å². The minimum Gasteiger partial charge on any atom is -0.350 e. The lowest BCUT2D eigenvalue weighted by Gasteiger charge is -2.14. The molecule has 1 amide bonds. The second kappa shape index (κ2) is 5.00. The molecule has 5 heteroatoms. The van der Waals surface area contributed by atoms with Gasteiger partial charge in [0, 0.05) is 12.2 Å². The molecule has 21 heavy (non-hydrogen) atoms. The predicted octanol–water partition coefficient (Wildman–Crippen LogP) is 1.60. The fourth-order valence-corrected chi connectivity index (χ4v) is 2.45. The second-order valence-electron chi connectivity index (χ2n) is 5.81. The number of benzene rings is 1. The normalized spacial score (nSPS) is 15.8. The smallest absolute Gasteiger partial charge is 0.240 e. The van der Waals surface area contributed by atoms with Crippen LogP contribution in [0.25, 0.3) is 5.69 Å². The number of carbonyl (C=O) groups is 1. The van der Waals surface area contributed by atoms with Crippen molar-refractivity contribution in [1.29, 1.82) is 0 Å². The lowest BCUT2D eigenvalue weighted by molar-refractivity contribution is -0.123. The summed E-state index contributed by atoms with van der Waals surface area (Å²) in [6.07, 6.45) is 1.55. The van der Waals surface area contributed by atoms with Crippen molar-refractivity contribution < 1.29 is 4.79 Å². The van der Waals surface area contributed by atoms with E-state index in [-0.39, 0.29) is 5.91 Å². The number of hydrogen-bond acceptors (Lipinski definition) is 3. The zero-order valence-corrected chi connectivity index (χ0v) is 12.4. The highest BCUT2D eigenvalue weighted by Gasteiger charge is 2.45. The Hall–Kier alpha value is -2.14. The molecule has 1 aromatic carbocycles. The SMILES string of the molecule is Cc1cc(C)n(-c2ccccc2CNC(=O)C2(N)CC2)n1. The first-order valence-electron chi connectivity index (χ1n) is 7.18. The monoisotopic (exact) mass is 284 g/mol. The van der Waals surface area contributed by atoms with Crippen LogP contribution in [0.1, 0.15) is 29.8 Å². The summed E-state index contributed by atoms with van der Waals surface area (Å²) in [5.41, 5.74) is 9.34. The molecule has 1 aliphatic rings. The summed E-state index contributed by atoms with van der Waals surface area (Å²) in [6, 6.07) is 9.99. The number of nitrogens with one attached hydrogen (secondary N) is 1. The van der Waals surface area contributed by atoms with E-state index in [9.17, 15) is 4.79 Å². The van der Waals surface area contributed by atoms with Gasteiger partial charge in [0.1, 0.15) is 0 Å². The van der Waals surface area contributed by atoms with E-state index in [0.717, 1.165) is 35.5 Å². The van der Waals surface area contributed by atoms with Gasteiger partial charge in [-0.15, -0.1) is 0 Å². The first kappa shape index (κ1) is 13.8. The van der Waals surface area contributed by atoms with Crippen LogP contribution in [-0.2, 0) is 11.3 Å². The average Bonchev–Trinajstić information content (AvgIpc) is 3.12. The van der Waals surface area contributed by atoms with Gasteiger partial charge in [-0.25, -0.2) is 4.68 Å². The highest BCUT2D eigenvalue weighted by molar-refractivity contribution is 5.88. The summed E-state index contributed by atoms with van der Waals surface area (Å²) in [5, 5.41) is 7.44. The largest absolute Gasteiger partial charge is 0.350 e. The van der Waals surface area contributed by atoms with Crippen LogP contribution in [0.15, 0.2) is 30.3 Å². The van der Waals surface area contributed by atoms with Gasteiger partial charge < -0.3 is 11.1 Å². The maximum Gasteiger partial charge on any atom is 0.240 e. The summed E-state index contributed by atoms with van der Waals surface area (Å²) in [5.74, 6) is -0.0642. The first-order valence-corrected chi connectivity index (χ1v) is 7.18. The molecule has 0 radical (unpaired) electrons. The molecule has 1 aromatic heterocycles. The minimum absolute atomic E-state index is 0.0642. The molecular weight excluding hydrogens is 264 g/mol. The first-order chi connectivity index (χ1) is 9.99. The standard InChI is InChI=1S/C16H20N4O/c1-11-9-12(2)20(19-11)14-6-4-3-5-13(14)10-18-15(21)16(17)7-8-16/h3-6,9H,7-8,10,17H2,1-2H3,(H,18,21). The van der Waals surface area contributed by atoms with E-state index in [0.29, 0.717) is 6.54 Å². The van der Waals surface area contributed by atoms with Crippen molar-refractivity contribution >= 4 is 5.91 Å². The highest BCUT2D eigenvalue weighted by Crippen LogP contribution is 2.32. The fraction of sp³-hybridized carbons (Fsp3) is 0.375. The van der Waals surface area contributed by atoms with Crippen molar-refractivity contribution in [3.63, 3.8) is 0 Å². The van der Waals surface area contributed by atoms with Gasteiger partial charge in [0.05, 0.1) is 16.9 Å². The van der Waals surface area contributed by atoms with Crippen LogP contribution >= 0.6 is 0 Å². The van der Waals surface area contributed by atoms with E-state index in [1.165, 1.54) is 0 Å². The van der Waals surface area contributed by atoms with Gasteiger partial charge in [0.25, 0.3) is 0 Å². The molecule has 110 valence electrons. The van der Waals surface area contributed by atoms with Crippen LogP contribution in [0.2, 0.25) is 0 Å². The fourth-order valence-electron chi connectivity index (χ4n) is 2.45. The number of nitrogens with zero attached hydrogens (tertiary/aromatic N) is 2. The lowest BCUT2D eigenvalue weighted by atomic mass is 10.1. The molecule has 0 spiro atoms. The third kappa shape index (κ3) is 2.69. The van der Waals surface area contributed by atoms with Gasteiger partial charge in [-0.3, -0.25) is 4.79 Å². The molecule has 3 rings (SSSR count). The van der Waals surface area contributed by atoms with E-state index in [1.807, 2.05) is 48.9 Å². The van der Waals surface area contributed by atoms with E-state index in [1.54, 1.807) is 0 Å². The van der Waals surface area contributed by atoms with E-state index in [4.69, 9.17) is 5.73 Å². The van der Waals surface area contributed by atoms with Crippen LogP contribution in [0, 0.1) is 13.8 Å². The number of carbonyl (C=O) groups excluding carboxylic acids is 1. The topological polar surface area (TPSA) is 72.9 Å². The Balaban J connectivity index is 1.83. The van der Waals surface area contributed by atoms with Gasteiger partial charge in [0.2, 0.25) is 5.91 Å². The molecule has 0 saturated heterocycles. The molecule has 0 bridgehead atoms. The number of amides is 1. The van der Waals surface area contributed by atoms with Gasteiger partial charge in [-0.05, 0) is 44.4 Å².